The van der Waals surface area contributed by atoms with Gasteiger partial charge in [0.05, 0.1) is 35.9 Å². The van der Waals surface area contributed by atoms with Gasteiger partial charge in [-0.15, -0.1) is 0 Å². The zero-order valence-corrected chi connectivity index (χ0v) is 40.1. The van der Waals surface area contributed by atoms with Gasteiger partial charge in [0.15, 0.2) is 6.29 Å². The van der Waals surface area contributed by atoms with E-state index in [1.54, 1.807) is 25.3 Å². The maximum Gasteiger partial charge on any atom is 0.310 e. The van der Waals surface area contributed by atoms with Crippen LogP contribution in [0.1, 0.15) is 83.7 Å². The maximum absolute atomic E-state index is 14.8. The number of hydrogen-bond acceptors (Lipinski definition) is 9. The van der Waals surface area contributed by atoms with Crippen LogP contribution in [0.25, 0.3) is 33.3 Å². The Balaban J connectivity index is 1.27. The standard InChI is InChI=1S/C53H64N6O8/c1-9-59-44-20-19-37-28-41(44)42(48(59)40-17-11-22-54-46(40)34(4)66-8)29-53(5,6)32-67-52(65)39-16-12-23-58(31-39)51(64)43(27-35-14-10-15-36(37)26-35)55-49(62)47(33(2)3)56(7)50(63)38-21-24-57(30-38)45(61)18-13-25-60/h10-11,14-15,17,19-20,22,25-26,28,33-34,38-39,43,47H,9,12,16,21,23-24,27,29-32H2,1-8H3,(H,55,62). The first-order valence-electron chi connectivity index (χ1n) is 23.5. The van der Waals surface area contributed by atoms with Crippen LogP contribution in [0.4, 0.5) is 0 Å². The van der Waals surface area contributed by atoms with E-state index in [0.717, 1.165) is 50.1 Å². The van der Waals surface area contributed by atoms with Gasteiger partial charge in [-0.2, -0.15) is 0 Å². The van der Waals surface area contributed by atoms with Crippen LogP contribution in [0.15, 0.2) is 60.8 Å². The first kappa shape index (κ1) is 48.6. The summed E-state index contributed by atoms with van der Waals surface area (Å²) in [6.45, 7) is 13.9. The predicted octanol–water partition coefficient (Wildman–Crippen LogP) is 6.02. The molecule has 67 heavy (non-hydrogen) atoms. The van der Waals surface area contributed by atoms with Crippen LogP contribution in [0.3, 0.4) is 0 Å². The number of aromatic nitrogens is 2. The molecule has 6 bridgehead atoms. The van der Waals surface area contributed by atoms with E-state index in [4.69, 9.17) is 14.5 Å². The summed E-state index contributed by atoms with van der Waals surface area (Å²) in [4.78, 5) is 89.8. The molecule has 14 nitrogen and oxygen atoms in total. The Morgan fingerprint density at radius 3 is 2.54 bits per heavy atom. The Morgan fingerprint density at radius 2 is 1.81 bits per heavy atom. The molecule has 2 fully saturated rings. The average molecular weight is 913 g/mol. The van der Waals surface area contributed by atoms with Gasteiger partial charge < -0.3 is 34.1 Å². The Hall–Kier alpha value is -6.33. The lowest BCUT2D eigenvalue weighted by atomic mass is 9.84. The number of carbonyl (C=O) groups is 6. The third kappa shape index (κ3) is 10.5. The molecule has 3 aliphatic rings. The number of fused-ring (bicyclic) bond motifs is 6. The summed E-state index contributed by atoms with van der Waals surface area (Å²) in [5.41, 5.74) is 7.32. The lowest BCUT2D eigenvalue weighted by Gasteiger charge is -2.36. The molecule has 4 amide bonds. The summed E-state index contributed by atoms with van der Waals surface area (Å²) in [5.74, 6) is 0.979. The number of piperidine rings is 1. The largest absolute Gasteiger partial charge is 0.465 e. The fourth-order valence-corrected chi connectivity index (χ4v) is 10.2. The molecule has 5 heterocycles. The van der Waals surface area contributed by atoms with Crippen molar-refractivity contribution in [3.8, 4) is 34.2 Å². The van der Waals surface area contributed by atoms with Crippen molar-refractivity contribution in [3.63, 3.8) is 0 Å². The van der Waals surface area contributed by atoms with Crippen LogP contribution in [0, 0.1) is 35.0 Å². The molecule has 5 unspecified atom stereocenters. The number of rotatable bonds is 9. The molecule has 2 aromatic heterocycles. The third-order valence-corrected chi connectivity index (χ3v) is 13.7. The van der Waals surface area contributed by atoms with Gasteiger partial charge in [-0.25, -0.2) is 0 Å². The van der Waals surface area contributed by atoms with Crippen molar-refractivity contribution in [2.45, 2.75) is 98.4 Å². The van der Waals surface area contributed by atoms with Gasteiger partial charge >= 0.3 is 5.97 Å². The predicted molar refractivity (Wildman–Crippen MR) is 255 cm³/mol. The summed E-state index contributed by atoms with van der Waals surface area (Å²) in [6, 6.07) is 16.6. The molecule has 4 aromatic rings. The van der Waals surface area contributed by atoms with E-state index >= 15 is 0 Å². The second-order valence-corrected chi connectivity index (χ2v) is 19.4. The number of nitrogens with zero attached hydrogens (tertiary/aromatic N) is 5. The highest BCUT2D eigenvalue weighted by molar-refractivity contribution is 5.98. The topological polar surface area (TPSA) is 160 Å². The number of likely N-dealkylation sites (tertiary alicyclic amines) is 1. The van der Waals surface area contributed by atoms with E-state index < -0.39 is 41.1 Å². The van der Waals surface area contributed by atoms with Crippen LogP contribution in [-0.2, 0) is 57.6 Å². The number of carbonyl (C=O) groups excluding carboxylic acids is 6. The van der Waals surface area contributed by atoms with Crippen molar-refractivity contribution in [1.82, 2.24) is 29.6 Å². The van der Waals surface area contributed by atoms with Gasteiger partial charge in [-0.3, -0.25) is 33.8 Å². The molecule has 0 spiro atoms. The number of esters is 1. The molecule has 0 aliphatic carbocycles. The Kier molecular flexibility index (Phi) is 15.0. The maximum atomic E-state index is 14.8. The van der Waals surface area contributed by atoms with Gasteiger partial charge in [0, 0.05) is 87.3 Å². The Bertz CT molecular complexity index is 2610. The molecular formula is C53H64N6O8. The number of likely N-dealkylation sites (N-methyl/N-ethyl adjacent to an activating group) is 1. The average Bonchev–Trinajstić information content (AvgIpc) is 3.94. The Labute approximate surface area is 393 Å². The fraction of sp³-hybridized carbons (Fsp3) is 0.491. The molecule has 7 rings (SSSR count). The molecule has 0 radical (unpaired) electrons. The first-order chi connectivity index (χ1) is 32.0. The molecule has 14 heteroatoms. The van der Waals surface area contributed by atoms with Crippen molar-refractivity contribution in [1.29, 1.82) is 0 Å². The van der Waals surface area contributed by atoms with E-state index in [-0.39, 0.29) is 55.9 Å². The van der Waals surface area contributed by atoms with Crippen LogP contribution in [0.5, 0.6) is 0 Å². The zero-order valence-electron chi connectivity index (χ0n) is 40.1. The van der Waals surface area contributed by atoms with Gasteiger partial charge in [0.1, 0.15) is 12.1 Å². The number of amides is 4. The normalized spacial score (nSPS) is 20.6. The second kappa shape index (κ2) is 20.7. The highest BCUT2D eigenvalue weighted by Gasteiger charge is 2.40. The summed E-state index contributed by atoms with van der Waals surface area (Å²) >= 11 is 0. The van der Waals surface area contributed by atoms with Gasteiger partial charge in [0.25, 0.3) is 5.91 Å². The number of cyclic esters (lactones) is 1. The van der Waals surface area contributed by atoms with Gasteiger partial charge in [-0.1, -0.05) is 58.0 Å². The zero-order chi connectivity index (χ0) is 48.2. The fourth-order valence-electron chi connectivity index (χ4n) is 10.2. The van der Waals surface area contributed by atoms with Crippen LogP contribution >= 0.6 is 0 Å². The van der Waals surface area contributed by atoms with Crippen molar-refractivity contribution < 1.29 is 38.2 Å². The highest BCUT2D eigenvalue weighted by Crippen LogP contribution is 2.42. The third-order valence-electron chi connectivity index (χ3n) is 13.7. The van der Waals surface area contributed by atoms with E-state index in [9.17, 15) is 28.8 Å². The quantitative estimate of drug-likeness (QED) is 0.120. The molecular weight excluding hydrogens is 849 g/mol. The number of ether oxygens (including phenoxy) is 2. The number of pyridine rings is 1. The highest BCUT2D eigenvalue weighted by atomic mass is 16.5. The minimum Gasteiger partial charge on any atom is -0.465 e. The monoisotopic (exact) mass is 912 g/mol. The van der Waals surface area contributed by atoms with Gasteiger partial charge in [-0.05, 0) is 97.9 Å². The summed E-state index contributed by atoms with van der Waals surface area (Å²) in [7, 11) is 3.27. The van der Waals surface area contributed by atoms with E-state index in [1.165, 1.54) is 9.80 Å². The molecule has 2 aromatic carbocycles. The smallest absolute Gasteiger partial charge is 0.310 e. The van der Waals surface area contributed by atoms with Crippen LogP contribution in [-0.4, -0.2) is 119 Å². The van der Waals surface area contributed by atoms with Crippen molar-refractivity contribution in [2.24, 2.45) is 23.2 Å². The first-order valence-corrected chi connectivity index (χ1v) is 23.5. The number of aldehydes is 1. The summed E-state index contributed by atoms with van der Waals surface area (Å²) in [5, 5.41) is 4.15. The van der Waals surface area contributed by atoms with E-state index in [2.05, 4.69) is 78.9 Å². The lowest BCUT2D eigenvalue weighted by molar-refractivity contribution is -0.155. The SMILES string of the molecule is CCn1c(-c2cccnc2C(C)OC)c2c3cc(ccc31)-c1cccc(c1)CC(NC(=O)C(C(C)C)N(C)C(=O)C1CCN(C(=O)C#CC=O)C1)C(=O)N1CCCC(C1)C(=O)OCC(C)(C)C2. The van der Waals surface area contributed by atoms with Crippen molar-refractivity contribution >= 4 is 46.8 Å². The summed E-state index contributed by atoms with van der Waals surface area (Å²) < 4.78 is 14.3. The Morgan fingerprint density at radius 1 is 1.03 bits per heavy atom. The van der Waals surface area contributed by atoms with Gasteiger partial charge in [0.2, 0.25) is 17.7 Å². The number of benzene rings is 2. The molecule has 354 valence electrons. The van der Waals surface area contributed by atoms with Crippen LogP contribution < -0.4 is 5.32 Å². The number of aryl methyl sites for hydroxylation is 1. The van der Waals surface area contributed by atoms with Crippen LogP contribution in [0.2, 0.25) is 0 Å². The lowest BCUT2D eigenvalue weighted by Crippen LogP contribution is -2.58. The molecule has 1 N–H and O–H groups in total. The van der Waals surface area contributed by atoms with Crippen molar-refractivity contribution in [2.75, 3.05) is 46.9 Å². The van der Waals surface area contributed by atoms with E-state index in [0.29, 0.717) is 51.6 Å². The minimum absolute atomic E-state index is 0.119. The second-order valence-electron chi connectivity index (χ2n) is 19.4. The summed E-state index contributed by atoms with van der Waals surface area (Å²) in [6.07, 6.45) is 4.19. The number of nitrogens with one attached hydrogen (secondary N) is 1. The number of hydrogen-bond donors (Lipinski definition) is 1. The molecule has 0 saturated carbocycles. The minimum atomic E-state index is -1.02. The van der Waals surface area contributed by atoms with E-state index in [1.807, 2.05) is 39.0 Å². The number of methoxy groups -OCH3 is 1. The molecule has 5 atom stereocenters. The molecule has 3 aliphatic heterocycles. The molecule has 2 saturated heterocycles. The van der Waals surface area contributed by atoms with Crippen molar-refractivity contribution in [3.05, 3.63) is 77.6 Å².